The smallest absolute Gasteiger partial charge is 0.305 e. The zero-order chi connectivity index (χ0) is 12.1. The van der Waals surface area contributed by atoms with Gasteiger partial charge in [-0.05, 0) is 6.42 Å². The van der Waals surface area contributed by atoms with Gasteiger partial charge in [-0.15, -0.1) is 0 Å². The molecule has 1 aliphatic heterocycles. The molecule has 6 nitrogen and oxygen atoms in total. The predicted octanol–water partition coefficient (Wildman–Crippen LogP) is -0.670. The van der Waals surface area contributed by atoms with Gasteiger partial charge in [0.2, 0.25) is 5.91 Å². The maximum Gasteiger partial charge on any atom is 0.305 e. The van der Waals surface area contributed by atoms with Gasteiger partial charge < -0.3 is 20.9 Å². The van der Waals surface area contributed by atoms with Crippen molar-refractivity contribution in [2.24, 2.45) is 11.7 Å². The predicted molar refractivity (Wildman–Crippen MR) is 56.8 cm³/mol. The second kappa shape index (κ2) is 5.81. The van der Waals surface area contributed by atoms with Crippen LogP contribution >= 0.6 is 0 Å². The molecular formula is C10H18N2O4. The topological polar surface area (TPSA) is 102 Å². The lowest BCUT2D eigenvalue weighted by Gasteiger charge is -2.19. The summed E-state index contributed by atoms with van der Waals surface area (Å²) in [5.74, 6) is -1.49. The molecule has 1 heterocycles. The normalized spacial score (nSPS) is 26.4. The van der Waals surface area contributed by atoms with Gasteiger partial charge in [-0.2, -0.15) is 0 Å². The van der Waals surface area contributed by atoms with Crippen LogP contribution < -0.4 is 11.1 Å². The first-order valence-corrected chi connectivity index (χ1v) is 5.40. The lowest BCUT2D eigenvalue weighted by molar-refractivity contribution is -0.137. The van der Waals surface area contributed by atoms with Crippen LogP contribution in [0.2, 0.25) is 0 Å². The first-order chi connectivity index (χ1) is 7.54. The number of rotatable bonds is 5. The summed E-state index contributed by atoms with van der Waals surface area (Å²) in [6, 6.07) is -0.625. The molecule has 0 aliphatic carbocycles. The number of hydrogen-bond donors (Lipinski definition) is 3. The highest BCUT2D eigenvalue weighted by Crippen LogP contribution is 2.12. The van der Waals surface area contributed by atoms with Crippen LogP contribution in [-0.4, -0.2) is 42.3 Å². The molecule has 6 heteroatoms. The first-order valence-electron chi connectivity index (χ1n) is 5.40. The van der Waals surface area contributed by atoms with E-state index in [1.54, 1.807) is 0 Å². The second-order valence-corrected chi connectivity index (χ2v) is 4.02. The van der Waals surface area contributed by atoms with Crippen molar-refractivity contribution in [3.63, 3.8) is 0 Å². The molecule has 16 heavy (non-hydrogen) atoms. The van der Waals surface area contributed by atoms with Gasteiger partial charge in [0, 0.05) is 12.1 Å². The van der Waals surface area contributed by atoms with E-state index >= 15 is 0 Å². The number of carboxylic acid groups (broad SMARTS) is 1. The minimum absolute atomic E-state index is 0.0644. The summed E-state index contributed by atoms with van der Waals surface area (Å²) in [6.07, 6.45) is 0.520. The van der Waals surface area contributed by atoms with Gasteiger partial charge in [-0.25, -0.2) is 0 Å². The second-order valence-electron chi connectivity index (χ2n) is 4.02. The Morgan fingerprint density at radius 2 is 2.25 bits per heavy atom. The molecule has 92 valence electrons. The van der Waals surface area contributed by atoms with Gasteiger partial charge in [0.25, 0.3) is 0 Å². The molecule has 1 saturated heterocycles. The quantitative estimate of drug-likeness (QED) is 0.581. The minimum atomic E-state index is -0.917. The molecule has 4 N–H and O–H groups in total. The van der Waals surface area contributed by atoms with E-state index < -0.39 is 5.97 Å². The highest BCUT2D eigenvalue weighted by molar-refractivity contribution is 5.80. The van der Waals surface area contributed by atoms with Crippen LogP contribution in [0.1, 0.15) is 19.8 Å². The molecule has 1 rings (SSSR count). The van der Waals surface area contributed by atoms with Crippen molar-refractivity contribution in [2.45, 2.75) is 31.8 Å². The summed E-state index contributed by atoms with van der Waals surface area (Å²) in [4.78, 5) is 22.3. The van der Waals surface area contributed by atoms with Crippen LogP contribution in [0.4, 0.5) is 0 Å². The Balaban J connectivity index is 2.45. The number of carbonyl (C=O) groups excluding carboxylic acids is 1. The van der Waals surface area contributed by atoms with Gasteiger partial charge in [0.1, 0.15) is 0 Å². The monoisotopic (exact) mass is 230 g/mol. The number of carbonyl (C=O) groups is 2. The minimum Gasteiger partial charge on any atom is -0.481 e. The van der Waals surface area contributed by atoms with Crippen LogP contribution in [0.25, 0.3) is 0 Å². The van der Waals surface area contributed by atoms with Gasteiger partial charge in [0.05, 0.1) is 25.6 Å². The number of nitrogens with one attached hydrogen (secondary N) is 1. The van der Waals surface area contributed by atoms with E-state index in [1.807, 2.05) is 6.92 Å². The Bertz CT molecular complexity index is 270. The van der Waals surface area contributed by atoms with Crippen LogP contribution in [0.5, 0.6) is 0 Å². The van der Waals surface area contributed by atoms with Crippen LogP contribution in [0, 0.1) is 5.92 Å². The molecule has 0 spiro atoms. The Morgan fingerprint density at radius 1 is 1.56 bits per heavy atom. The maximum absolute atomic E-state index is 11.7. The fourth-order valence-corrected chi connectivity index (χ4v) is 1.66. The van der Waals surface area contributed by atoms with E-state index in [0.717, 1.165) is 0 Å². The number of amides is 1. The zero-order valence-corrected chi connectivity index (χ0v) is 9.31. The Labute approximate surface area is 94.1 Å². The lowest BCUT2D eigenvalue weighted by atomic mass is 10.0. The highest BCUT2D eigenvalue weighted by Gasteiger charge is 2.32. The summed E-state index contributed by atoms with van der Waals surface area (Å²) in [7, 11) is 0. The molecule has 0 aromatic carbocycles. The third kappa shape index (κ3) is 3.46. The average molecular weight is 230 g/mol. The third-order valence-corrected chi connectivity index (χ3v) is 2.72. The SMILES string of the molecule is CCC(CC(=O)O)NC(=O)C1COCC1N. The Hall–Kier alpha value is -1.14. The van der Waals surface area contributed by atoms with Crippen LogP contribution in [0.3, 0.4) is 0 Å². The molecule has 3 atom stereocenters. The zero-order valence-electron chi connectivity index (χ0n) is 9.31. The summed E-state index contributed by atoms with van der Waals surface area (Å²) >= 11 is 0. The number of aliphatic carboxylic acids is 1. The van der Waals surface area contributed by atoms with Crippen molar-refractivity contribution in [1.29, 1.82) is 0 Å². The molecule has 0 bridgehead atoms. The fraction of sp³-hybridized carbons (Fsp3) is 0.800. The van der Waals surface area contributed by atoms with Crippen molar-refractivity contribution in [3.8, 4) is 0 Å². The van der Waals surface area contributed by atoms with Gasteiger partial charge in [0.15, 0.2) is 0 Å². The summed E-state index contributed by atoms with van der Waals surface area (Å²) in [6.45, 7) is 2.53. The standard InChI is InChI=1S/C10H18N2O4/c1-2-6(3-9(13)14)12-10(15)7-4-16-5-8(7)11/h6-8H,2-5,11H2,1H3,(H,12,15)(H,13,14). The summed E-state index contributed by atoms with van der Waals surface area (Å²) in [5.41, 5.74) is 5.70. The van der Waals surface area contributed by atoms with Gasteiger partial charge >= 0.3 is 5.97 Å². The van der Waals surface area contributed by atoms with Gasteiger partial charge in [-0.3, -0.25) is 9.59 Å². The molecule has 0 saturated carbocycles. The largest absolute Gasteiger partial charge is 0.481 e. The molecule has 0 aromatic heterocycles. The van der Waals surface area contributed by atoms with E-state index in [9.17, 15) is 9.59 Å². The van der Waals surface area contributed by atoms with E-state index in [4.69, 9.17) is 15.6 Å². The Kier molecular flexibility index (Phi) is 4.70. The van der Waals surface area contributed by atoms with Crippen LogP contribution in [0.15, 0.2) is 0 Å². The van der Waals surface area contributed by atoms with Crippen molar-refractivity contribution < 1.29 is 19.4 Å². The number of nitrogens with two attached hydrogens (primary N) is 1. The van der Waals surface area contributed by atoms with E-state index in [-0.39, 0.29) is 30.3 Å². The molecule has 1 fully saturated rings. The number of ether oxygens (including phenoxy) is 1. The molecule has 3 unspecified atom stereocenters. The maximum atomic E-state index is 11.7. The third-order valence-electron chi connectivity index (χ3n) is 2.72. The van der Waals surface area contributed by atoms with Crippen molar-refractivity contribution in [2.75, 3.05) is 13.2 Å². The number of carboxylic acids is 1. The van der Waals surface area contributed by atoms with E-state index in [2.05, 4.69) is 5.32 Å². The van der Waals surface area contributed by atoms with Crippen molar-refractivity contribution >= 4 is 11.9 Å². The van der Waals surface area contributed by atoms with Crippen LogP contribution in [-0.2, 0) is 14.3 Å². The first kappa shape index (κ1) is 12.9. The summed E-state index contributed by atoms with van der Waals surface area (Å²) < 4.78 is 5.08. The summed E-state index contributed by atoms with van der Waals surface area (Å²) in [5, 5.41) is 11.3. The molecule has 1 amide bonds. The molecule has 0 aromatic rings. The molecular weight excluding hydrogens is 212 g/mol. The van der Waals surface area contributed by atoms with E-state index in [1.165, 1.54) is 0 Å². The van der Waals surface area contributed by atoms with Crippen molar-refractivity contribution in [1.82, 2.24) is 5.32 Å². The van der Waals surface area contributed by atoms with Gasteiger partial charge in [-0.1, -0.05) is 6.92 Å². The number of hydrogen-bond acceptors (Lipinski definition) is 4. The Morgan fingerprint density at radius 3 is 2.69 bits per heavy atom. The van der Waals surface area contributed by atoms with E-state index in [0.29, 0.717) is 19.6 Å². The van der Waals surface area contributed by atoms with Crippen molar-refractivity contribution in [3.05, 3.63) is 0 Å². The molecule has 0 radical (unpaired) electrons. The average Bonchev–Trinajstić information content (AvgIpc) is 2.62. The fourth-order valence-electron chi connectivity index (χ4n) is 1.66. The lowest BCUT2D eigenvalue weighted by Crippen LogP contribution is -2.45. The highest BCUT2D eigenvalue weighted by atomic mass is 16.5. The molecule has 1 aliphatic rings.